The molecule has 4 rings (SSSR count). The zero-order chi connectivity index (χ0) is 15.9. The molecule has 2 heterocycles. The minimum atomic E-state index is -3.64. The van der Waals surface area contributed by atoms with Crippen molar-refractivity contribution in [1.29, 1.82) is 0 Å². The molecule has 6 nitrogen and oxygen atoms in total. The molecule has 0 bridgehead atoms. The molecule has 1 N–H and O–H groups in total. The number of nitrogens with one attached hydrogen (secondary N) is 1. The Kier molecular flexibility index (Phi) is 3.54. The highest BCUT2D eigenvalue weighted by Gasteiger charge is 2.28. The second kappa shape index (κ2) is 5.58. The van der Waals surface area contributed by atoms with Crippen molar-refractivity contribution >= 4 is 10.0 Å². The van der Waals surface area contributed by atoms with E-state index in [2.05, 4.69) is 4.72 Å². The highest BCUT2D eigenvalue weighted by molar-refractivity contribution is 7.89. The number of furan rings is 1. The van der Waals surface area contributed by atoms with E-state index in [0.29, 0.717) is 24.7 Å². The van der Waals surface area contributed by atoms with Gasteiger partial charge in [0.1, 0.15) is 19.0 Å². The summed E-state index contributed by atoms with van der Waals surface area (Å²) in [6.45, 7) is 0.896. The third-order valence-corrected chi connectivity index (χ3v) is 5.64. The van der Waals surface area contributed by atoms with Gasteiger partial charge in [-0.15, -0.1) is 0 Å². The molecule has 0 spiro atoms. The summed E-state index contributed by atoms with van der Waals surface area (Å²) in [4.78, 5) is 0.178. The standard InChI is InChI=1S/C16H17NO5S/c18-23(19,11-4-5-15-16(10-11)22-9-8-21-15)17-13-2-1-3-14-12(13)6-7-20-14/h4-7,10,13,17H,1-3,8-9H2. The van der Waals surface area contributed by atoms with Gasteiger partial charge in [-0.3, -0.25) is 0 Å². The van der Waals surface area contributed by atoms with Gasteiger partial charge in [0.25, 0.3) is 0 Å². The first-order valence-corrected chi connectivity index (χ1v) is 9.10. The Labute approximate surface area is 134 Å². The smallest absolute Gasteiger partial charge is 0.241 e. The van der Waals surface area contributed by atoms with Crippen LogP contribution in [0.25, 0.3) is 0 Å². The van der Waals surface area contributed by atoms with Crippen LogP contribution in [0.5, 0.6) is 11.5 Å². The SMILES string of the molecule is O=S(=O)(NC1CCCc2occc21)c1ccc2c(c1)OCCO2. The molecular formula is C16H17NO5S. The minimum absolute atomic E-state index is 0.178. The van der Waals surface area contributed by atoms with Crippen molar-refractivity contribution in [2.75, 3.05) is 13.2 Å². The Morgan fingerprint density at radius 2 is 1.91 bits per heavy atom. The molecule has 1 aliphatic heterocycles. The average Bonchev–Trinajstić information content (AvgIpc) is 3.04. The summed E-state index contributed by atoms with van der Waals surface area (Å²) in [5.74, 6) is 1.91. The van der Waals surface area contributed by atoms with Gasteiger partial charge in [-0.2, -0.15) is 0 Å². The Morgan fingerprint density at radius 3 is 2.78 bits per heavy atom. The first-order chi connectivity index (χ1) is 11.1. The number of rotatable bonds is 3. The van der Waals surface area contributed by atoms with Gasteiger partial charge in [0.2, 0.25) is 10.0 Å². The maximum Gasteiger partial charge on any atom is 0.241 e. The first kappa shape index (κ1) is 14.6. The van der Waals surface area contributed by atoms with E-state index in [4.69, 9.17) is 13.9 Å². The predicted molar refractivity (Wildman–Crippen MR) is 82.1 cm³/mol. The molecule has 0 saturated carbocycles. The van der Waals surface area contributed by atoms with Gasteiger partial charge in [-0.1, -0.05) is 0 Å². The number of hydrogen-bond acceptors (Lipinski definition) is 5. The molecule has 0 fully saturated rings. The second-order valence-corrected chi connectivity index (χ2v) is 7.38. The lowest BCUT2D eigenvalue weighted by atomic mass is 9.94. The molecule has 0 amide bonds. The van der Waals surface area contributed by atoms with Crippen LogP contribution in [0.2, 0.25) is 0 Å². The summed E-state index contributed by atoms with van der Waals surface area (Å²) in [7, 11) is -3.64. The van der Waals surface area contributed by atoms with E-state index < -0.39 is 10.0 Å². The Balaban J connectivity index is 1.62. The molecule has 1 aromatic carbocycles. The second-order valence-electron chi connectivity index (χ2n) is 5.67. The lowest BCUT2D eigenvalue weighted by Gasteiger charge is -2.23. The van der Waals surface area contributed by atoms with Crippen molar-refractivity contribution < 1.29 is 22.3 Å². The van der Waals surface area contributed by atoms with E-state index in [1.165, 1.54) is 12.1 Å². The van der Waals surface area contributed by atoms with Crippen LogP contribution in [0, 0.1) is 0 Å². The third-order valence-electron chi connectivity index (χ3n) is 4.17. The Bertz CT molecular complexity index is 827. The molecule has 2 aliphatic rings. The van der Waals surface area contributed by atoms with Gasteiger partial charge in [-0.05, 0) is 31.0 Å². The van der Waals surface area contributed by atoms with E-state index in [-0.39, 0.29) is 10.9 Å². The molecule has 1 aliphatic carbocycles. The van der Waals surface area contributed by atoms with Crippen molar-refractivity contribution in [2.24, 2.45) is 0 Å². The van der Waals surface area contributed by atoms with Gasteiger partial charge in [0.15, 0.2) is 11.5 Å². The Morgan fingerprint density at radius 1 is 1.09 bits per heavy atom. The van der Waals surface area contributed by atoms with Gasteiger partial charge >= 0.3 is 0 Å². The summed E-state index contributed by atoms with van der Waals surface area (Å²) in [6.07, 6.45) is 4.12. The normalized spacial score (nSPS) is 20.1. The van der Waals surface area contributed by atoms with Crippen LogP contribution in [0.1, 0.15) is 30.2 Å². The average molecular weight is 335 g/mol. The lowest BCUT2D eigenvalue weighted by Crippen LogP contribution is -2.30. The summed E-state index contributed by atoms with van der Waals surface area (Å²) >= 11 is 0. The highest BCUT2D eigenvalue weighted by atomic mass is 32.2. The molecule has 0 radical (unpaired) electrons. The van der Waals surface area contributed by atoms with Crippen LogP contribution in [0.3, 0.4) is 0 Å². The Hall–Kier alpha value is -1.99. The summed E-state index contributed by atoms with van der Waals surface area (Å²) < 4.78 is 44.4. The fraction of sp³-hybridized carbons (Fsp3) is 0.375. The molecule has 0 saturated heterocycles. The molecule has 2 aromatic rings. The topological polar surface area (TPSA) is 77.8 Å². The zero-order valence-electron chi connectivity index (χ0n) is 12.4. The minimum Gasteiger partial charge on any atom is -0.486 e. The van der Waals surface area contributed by atoms with E-state index in [0.717, 1.165) is 30.6 Å². The van der Waals surface area contributed by atoms with Crippen LogP contribution in [-0.4, -0.2) is 21.6 Å². The molecule has 1 unspecified atom stereocenters. The van der Waals surface area contributed by atoms with Crippen LogP contribution in [-0.2, 0) is 16.4 Å². The number of ether oxygens (including phenoxy) is 2. The number of benzene rings is 1. The van der Waals surface area contributed by atoms with Gasteiger partial charge in [0, 0.05) is 18.1 Å². The van der Waals surface area contributed by atoms with Crippen molar-refractivity contribution in [1.82, 2.24) is 4.72 Å². The maximum atomic E-state index is 12.7. The van der Waals surface area contributed by atoms with E-state index in [1.54, 1.807) is 12.3 Å². The van der Waals surface area contributed by atoms with Gasteiger partial charge < -0.3 is 13.9 Å². The summed E-state index contributed by atoms with van der Waals surface area (Å²) in [5.41, 5.74) is 0.928. The van der Waals surface area contributed by atoms with Gasteiger partial charge in [-0.25, -0.2) is 13.1 Å². The van der Waals surface area contributed by atoms with Crippen LogP contribution < -0.4 is 14.2 Å². The maximum absolute atomic E-state index is 12.7. The summed E-state index contributed by atoms with van der Waals surface area (Å²) in [6, 6.07) is 6.26. The molecule has 122 valence electrons. The molecule has 1 aromatic heterocycles. The lowest BCUT2D eigenvalue weighted by molar-refractivity contribution is 0.171. The number of fused-ring (bicyclic) bond motifs is 2. The van der Waals surface area contributed by atoms with Crippen LogP contribution in [0.15, 0.2) is 39.8 Å². The van der Waals surface area contributed by atoms with Gasteiger partial charge in [0.05, 0.1) is 17.2 Å². The summed E-state index contributed by atoms with van der Waals surface area (Å²) in [5, 5.41) is 0. The van der Waals surface area contributed by atoms with Crippen molar-refractivity contribution in [3.63, 3.8) is 0 Å². The van der Waals surface area contributed by atoms with Crippen LogP contribution >= 0.6 is 0 Å². The molecule has 7 heteroatoms. The van der Waals surface area contributed by atoms with E-state index >= 15 is 0 Å². The molecular weight excluding hydrogens is 318 g/mol. The number of hydrogen-bond donors (Lipinski definition) is 1. The highest BCUT2D eigenvalue weighted by Crippen LogP contribution is 2.34. The van der Waals surface area contributed by atoms with Crippen molar-refractivity contribution in [2.45, 2.75) is 30.2 Å². The molecule has 1 atom stereocenters. The fourth-order valence-corrected chi connectivity index (χ4v) is 4.32. The van der Waals surface area contributed by atoms with E-state index in [9.17, 15) is 8.42 Å². The molecule has 23 heavy (non-hydrogen) atoms. The van der Waals surface area contributed by atoms with Crippen molar-refractivity contribution in [3.8, 4) is 11.5 Å². The number of sulfonamides is 1. The largest absolute Gasteiger partial charge is 0.486 e. The monoisotopic (exact) mass is 335 g/mol. The quantitative estimate of drug-likeness (QED) is 0.932. The first-order valence-electron chi connectivity index (χ1n) is 7.62. The number of aryl methyl sites for hydroxylation is 1. The van der Waals surface area contributed by atoms with Crippen molar-refractivity contribution in [3.05, 3.63) is 41.9 Å². The zero-order valence-corrected chi connectivity index (χ0v) is 13.3. The third kappa shape index (κ3) is 2.70. The fourth-order valence-electron chi connectivity index (χ4n) is 3.06. The van der Waals surface area contributed by atoms with Crippen LogP contribution in [0.4, 0.5) is 0 Å². The van der Waals surface area contributed by atoms with E-state index in [1.807, 2.05) is 6.07 Å². The predicted octanol–water partition coefficient (Wildman–Crippen LogP) is 2.41.